The molecule has 3 rings (SSSR count). The average Bonchev–Trinajstić information content (AvgIpc) is 2.63. The van der Waals surface area contributed by atoms with Gasteiger partial charge in [-0.05, 0) is 42.0 Å². The van der Waals surface area contributed by atoms with Gasteiger partial charge in [0.2, 0.25) is 0 Å². The molecule has 1 aromatic heterocycles. The topological polar surface area (TPSA) is 89.8 Å². The van der Waals surface area contributed by atoms with Crippen LogP contribution < -0.4 is 10.6 Å². The Morgan fingerprint density at radius 1 is 1.00 bits per heavy atom. The molecule has 3 aromatic rings. The van der Waals surface area contributed by atoms with Gasteiger partial charge in [0, 0.05) is 12.1 Å². The van der Waals surface area contributed by atoms with Gasteiger partial charge in [0.05, 0.1) is 17.3 Å². The van der Waals surface area contributed by atoms with Crippen LogP contribution in [0.25, 0.3) is 0 Å². The van der Waals surface area contributed by atoms with Crippen LogP contribution in [0.15, 0.2) is 72.8 Å². The fourth-order valence-electron chi connectivity index (χ4n) is 2.57. The van der Waals surface area contributed by atoms with E-state index in [1.165, 1.54) is 5.56 Å². The van der Waals surface area contributed by atoms with Gasteiger partial charge >= 0.3 is 0 Å². The third kappa shape index (κ3) is 3.82. The molecule has 25 heavy (non-hydrogen) atoms. The SMILES string of the molecule is N#Cc1ccc(N(C(=N)N)c2cccc(Cc3ccccc3)n2)cc1. The number of aromatic nitrogens is 1. The molecule has 0 saturated carbocycles. The molecule has 5 heteroatoms. The lowest BCUT2D eigenvalue weighted by Crippen LogP contribution is -2.33. The number of guanidine groups is 1. The summed E-state index contributed by atoms with van der Waals surface area (Å²) in [5, 5.41) is 16.8. The summed E-state index contributed by atoms with van der Waals surface area (Å²) in [7, 11) is 0. The van der Waals surface area contributed by atoms with E-state index in [-0.39, 0.29) is 5.96 Å². The predicted octanol–water partition coefficient (Wildman–Crippen LogP) is 3.58. The van der Waals surface area contributed by atoms with E-state index in [1.807, 2.05) is 36.4 Å². The van der Waals surface area contributed by atoms with Gasteiger partial charge in [-0.3, -0.25) is 10.3 Å². The number of rotatable bonds is 4. The van der Waals surface area contributed by atoms with E-state index >= 15 is 0 Å². The standard InChI is InChI=1S/C20H17N5/c21-14-16-9-11-18(12-10-16)25(20(22)23)19-8-4-7-17(24-19)13-15-5-2-1-3-6-15/h1-12H,13H2,(H3,22,23). The minimum Gasteiger partial charge on any atom is -0.369 e. The fourth-order valence-corrected chi connectivity index (χ4v) is 2.57. The molecule has 0 radical (unpaired) electrons. The van der Waals surface area contributed by atoms with Crippen molar-refractivity contribution in [3.8, 4) is 6.07 Å². The van der Waals surface area contributed by atoms with E-state index in [9.17, 15) is 0 Å². The molecule has 0 amide bonds. The van der Waals surface area contributed by atoms with Crippen LogP contribution >= 0.6 is 0 Å². The summed E-state index contributed by atoms with van der Waals surface area (Å²) in [6, 6.07) is 24.7. The highest BCUT2D eigenvalue weighted by Gasteiger charge is 2.14. The van der Waals surface area contributed by atoms with Gasteiger partial charge in [-0.2, -0.15) is 5.26 Å². The maximum atomic E-state index is 8.93. The molecule has 0 spiro atoms. The highest BCUT2D eigenvalue weighted by Crippen LogP contribution is 2.24. The Labute approximate surface area is 146 Å². The zero-order chi connectivity index (χ0) is 17.6. The van der Waals surface area contributed by atoms with Gasteiger partial charge in [0.15, 0.2) is 5.96 Å². The molecular formula is C20H17N5. The Morgan fingerprint density at radius 2 is 1.72 bits per heavy atom. The molecule has 5 nitrogen and oxygen atoms in total. The largest absolute Gasteiger partial charge is 0.369 e. The van der Waals surface area contributed by atoms with Gasteiger partial charge in [0.1, 0.15) is 5.82 Å². The number of pyridine rings is 1. The summed E-state index contributed by atoms with van der Waals surface area (Å²) in [4.78, 5) is 6.20. The summed E-state index contributed by atoms with van der Waals surface area (Å²) in [5.74, 6) is 0.444. The number of hydrogen-bond donors (Lipinski definition) is 2. The molecule has 0 aliphatic rings. The normalized spacial score (nSPS) is 10.0. The second-order valence-electron chi connectivity index (χ2n) is 5.53. The number of nitrogens with two attached hydrogens (primary N) is 1. The number of hydrogen-bond acceptors (Lipinski definition) is 3. The van der Waals surface area contributed by atoms with Crippen LogP contribution in [-0.4, -0.2) is 10.9 Å². The Balaban J connectivity index is 1.93. The Kier molecular flexibility index (Phi) is 4.72. The van der Waals surface area contributed by atoms with Crippen LogP contribution in [-0.2, 0) is 6.42 Å². The molecule has 0 saturated heterocycles. The smallest absolute Gasteiger partial charge is 0.198 e. The molecule has 3 N–H and O–H groups in total. The first-order valence-corrected chi connectivity index (χ1v) is 7.81. The molecule has 0 atom stereocenters. The Hall–Kier alpha value is -3.65. The van der Waals surface area contributed by atoms with Crippen molar-refractivity contribution in [3.05, 3.63) is 89.6 Å². The summed E-state index contributed by atoms with van der Waals surface area (Å²) in [6.07, 6.45) is 0.702. The van der Waals surface area contributed by atoms with E-state index in [4.69, 9.17) is 16.4 Å². The van der Waals surface area contributed by atoms with Crippen LogP contribution in [0.3, 0.4) is 0 Å². The molecule has 0 aliphatic heterocycles. The zero-order valence-corrected chi connectivity index (χ0v) is 13.6. The van der Waals surface area contributed by atoms with Crippen LogP contribution in [0.4, 0.5) is 11.5 Å². The minimum absolute atomic E-state index is 0.130. The van der Waals surface area contributed by atoms with Crippen LogP contribution in [0.5, 0.6) is 0 Å². The van der Waals surface area contributed by atoms with Crippen molar-refractivity contribution in [2.75, 3.05) is 4.90 Å². The lowest BCUT2D eigenvalue weighted by atomic mass is 10.1. The second kappa shape index (κ2) is 7.28. The third-order valence-corrected chi connectivity index (χ3v) is 3.74. The van der Waals surface area contributed by atoms with Crippen molar-refractivity contribution >= 4 is 17.5 Å². The molecular weight excluding hydrogens is 310 g/mol. The maximum Gasteiger partial charge on any atom is 0.198 e. The number of nitrogens with one attached hydrogen (secondary N) is 1. The highest BCUT2D eigenvalue weighted by molar-refractivity contribution is 5.98. The van der Waals surface area contributed by atoms with Crippen molar-refractivity contribution in [2.45, 2.75) is 6.42 Å². The maximum absolute atomic E-state index is 8.93. The van der Waals surface area contributed by atoms with E-state index in [0.717, 1.165) is 5.69 Å². The van der Waals surface area contributed by atoms with Crippen molar-refractivity contribution in [1.82, 2.24) is 4.98 Å². The fraction of sp³-hybridized carbons (Fsp3) is 0.0500. The van der Waals surface area contributed by atoms with Gasteiger partial charge in [-0.15, -0.1) is 0 Å². The van der Waals surface area contributed by atoms with Crippen LogP contribution in [0.2, 0.25) is 0 Å². The molecule has 0 fully saturated rings. The number of nitrogens with zero attached hydrogens (tertiary/aromatic N) is 3. The first-order chi connectivity index (χ1) is 12.2. The van der Waals surface area contributed by atoms with Gasteiger partial charge < -0.3 is 5.73 Å². The Morgan fingerprint density at radius 3 is 2.36 bits per heavy atom. The molecule has 1 heterocycles. The Bertz CT molecular complexity index is 911. The van der Waals surface area contributed by atoms with E-state index in [0.29, 0.717) is 23.5 Å². The summed E-state index contributed by atoms with van der Waals surface area (Å²) >= 11 is 0. The average molecular weight is 327 g/mol. The van der Waals surface area contributed by atoms with Crippen molar-refractivity contribution < 1.29 is 0 Å². The molecule has 0 aliphatic carbocycles. The van der Waals surface area contributed by atoms with E-state index < -0.39 is 0 Å². The van der Waals surface area contributed by atoms with Crippen molar-refractivity contribution in [1.29, 1.82) is 10.7 Å². The third-order valence-electron chi connectivity index (χ3n) is 3.74. The number of anilines is 2. The van der Waals surface area contributed by atoms with Crippen molar-refractivity contribution in [2.24, 2.45) is 5.73 Å². The van der Waals surface area contributed by atoms with Crippen LogP contribution in [0, 0.1) is 16.7 Å². The quantitative estimate of drug-likeness (QED) is 0.566. The lowest BCUT2D eigenvalue weighted by molar-refractivity contribution is 1.05. The van der Waals surface area contributed by atoms with Gasteiger partial charge in [-0.1, -0.05) is 36.4 Å². The predicted molar refractivity (Wildman–Crippen MR) is 98.7 cm³/mol. The zero-order valence-electron chi connectivity index (χ0n) is 13.6. The summed E-state index contributed by atoms with van der Waals surface area (Å²) in [6.45, 7) is 0. The van der Waals surface area contributed by atoms with Crippen molar-refractivity contribution in [3.63, 3.8) is 0 Å². The molecule has 0 bridgehead atoms. The number of benzene rings is 2. The molecule has 122 valence electrons. The first-order valence-electron chi connectivity index (χ1n) is 7.81. The highest BCUT2D eigenvalue weighted by atomic mass is 15.3. The molecule has 0 unspecified atom stereocenters. The van der Waals surface area contributed by atoms with Crippen LogP contribution in [0.1, 0.15) is 16.8 Å². The molecule has 2 aromatic carbocycles. The van der Waals surface area contributed by atoms with Gasteiger partial charge in [0.25, 0.3) is 0 Å². The number of nitriles is 1. The first kappa shape index (κ1) is 16.2. The summed E-state index contributed by atoms with van der Waals surface area (Å²) in [5.41, 5.74) is 9.08. The van der Waals surface area contributed by atoms with Gasteiger partial charge in [-0.25, -0.2) is 4.98 Å². The summed E-state index contributed by atoms with van der Waals surface area (Å²) < 4.78 is 0. The van der Waals surface area contributed by atoms with E-state index in [2.05, 4.69) is 23.2 Å². The monoisotopic (exact) mass is 327 g/mol. The second-order valence-corrected chi connectivity index (χ2v) is 5.53. The van der Waals surface area contributed by atoms with E-state index in [1.54, 1.807) is 29.2 Å². The minimum atomic E-state index is -0.130. The lowest BCUT2D eigenvalue weighted by Gasteiger charge is -2.22.